The minimum absolute atomic E-state index is 0.0138. The van der Waals surface area contributed by atoms with Crippen LogP contribution in [0.3, 0.4) is 0 Å². The molecule has 4 aromatic heterocycles. The van der Waals surface area contributed by atoms with Crippen molar-refractivity contribution in [3.05, 3.63) is 121 Å². The predicted molar refractivity (Wildman–Crippen MR) is 512 cm³/mol. The van der Waals surface area contributed by atoms with E-state index in [1.54, 1.807) is 75.4 Å². The average molecular weight is 2000 g/mol. The molecule has 6 amide bonds. The van der Waals surface area contributed by atoms with Crippen LogP contribution in [0.25, 0.3) is 44.6 Å². The maximum atomic E-state index is 14.8. The number of nitrogens with zero attached hydrogens (tertiary/aromatic N) is 7. The van der Waals surface area contributed by atoms with Crippen LogP contribution in [-0.2, 0) is 62.0 Å². The molecule has 2 saturated heterocycles. The zero-order valence-electron chi connectivity index (χ0n) is 77.8. The van der Waals surface area contributed by atoms with Crippen molar-refractivity contribution >= 4 is 152 Å². The van der Waals surface area contributed by atoms with E-state index in [9.17, 15) is 51.6 Å². The highest BCUT2D eigenvalue weighted by atomic mass is 79.9. The van der Waals surface area contributed by atoms with Crippen molar-refractivity contribution in [3.63, 3.8) is 0 Å². The van der Waals surface area contributed by atoms with Gasteiger partial charge in [0.1, 0.15) is 99.8 Å². The standard InChI is InChI=1S/C44H58ClN7O8S.C31H40BrN3O9S.C19H23ClN4O2S/c1-10-26-20-44(26,40(55)57-9)50-38(53)32-18-28(21-52(32)39(54)37(43(4,5)6)49-42(56)60-27-16-24-15-25(24)17-27)59-34-19-30(31-22-61-41(48-31)46-23(2)3)47-36-29(34)11-12-33(35(36)45)58-14-13-51(7)8;1-6-19-15-31(19,28(38)42-5)34-26(36)24-14-22(44-45(40,41)23-9-7-20(32)8-10-23)16-35(24)27(37)25(30(2,3)4)33-29(39)43-21-12-17-11-18(17)13-21;1-11(2)21-19-23-14(10-27-19)13-9-15(25)12-5-6-16(17(20)18(12)22-13)26-8-7-24(3)4/h10-12,19,22-28,32,37H,1,13-18,20-21H2,2-9H3,(H,46,48)(H,49,56)(H,50,53);6-10,17-19,21-22,24-25H,1,11-16H2,2-5H3,(H,33,39)(H,34,36);5-6,9-11H,7-8H2,1-4H3,(H,21,23)(H,22,25)/t24-,25+,26-,27?,28-,32+,37-,44?;17-,18+,19-,21?,22-,24+,25-,31?;/m11./s1. The molecule has 0 spiro atoms. The molecular formula is C94H121BrCl2N14O19S3. The third-order valence-corrected chi connectivity index (χ3v) is 29.4. The van der Waals surface area contributed by atoms with Gasteiger partial charge in [0.05, 0.1) is 59.9 Å². The van der Waals surface area contributed by atoms with E-state index in [0.29, 0.717) is 126 Å². The van der Waals surface area contributed by atoms with Crippen molar-refractivity contribution in [3.8, 4) is 40.0 Å². The molecule has 39 heteroatoms. The van der Waals surface area contributed by atoms with Crippen molar-refractivity contribution < 1.29 is 84.1 Å². The smallest absolute Gasteiger partial charge is 0.408 e. The first kappa shape index (κ1) is 101. The first-order valence-electron chi connectivity index (χ1n) is 44.8. The Morgan fingerprint density at radius 3 is 1.50 bits per heavy atom. The summed E-state index contributed by atoms with van der Waals surface area (Å²) in [6.45, 7) is 28.7. The van der Waals surface area contributed by atoms with Crippen LogP contribution in [0.1, 0.15) is 133 Å². The number of carbonyl (C=O) groups is 8. The van der Waals surface area contributed by atoms with Gasteiger partial charge in [-0.3, -0.25) is 28.2 Å². The monoisotopic (exact) mass is 1990 g/mol. The van der Waals surface area contributed by atoms with Gasteiger partial charge in [0.2, 0.25) is 23.6 Å². The number of halogens is 3. The summed E-state index contributed by atoms with van der Waals surface area (Å²) in [5.41, 5.74) is -0.889. The number of esters is 2. The largest absolute Gasteiger partial charge is 0.491 e. The second-order valence-corrected chi connectivity index (χ2v) is 43.8. The number of nitrogens with one attached hydrogen (secondary N) is 7. The minimum Gasteiger partial charge on any atom is -0.491 e. The Hall–Kier alpha value is -9.73. The van der Waals surface area contributed by atoms with E-state index >= 15 is 0 Å². The van der Waals surface area contributed by atoms with E-state index in [2.05, 4.69) is 84.8 Å². The Labute approximate surface area is 801 Å². The molecule has 7 N–H and O–H groups in total. The fourth-order valence-corrected chi connectivity index (χ4v) is 21.2. The molecule has 0 bridgehead atoms. The Morgan fingerprint density at radius 1 is 0.594 bits per heavy atom. The number of hydrogen-bond acceptors (Lipinski definition) is 28. The van der Waals surface area contributed by atoms with Gasteiger partial charge in [0.15, 0.2) is 15.7 Å². The molecule has 7 aromatic rings. The third-order valence-electron chi connectivity index (χ3n) is 25.2. The van der Waals surface area contributed by atoms with Crippen molar-refractivity contribution in [1.29, 1.82) is 0 Å². The number of rotatable bonds is 33. The van der Waals surface area contributed by atoms with Gasteiger partial charge in [-0.05, 0) is 190 Å². The number of alkyl carbamates (subject to hydrolysis) is 2. The number of likely N-dealkylation sites (tertiary alicyclic amines) is 2. The van der Waals surface area contributed by atoms with E-state index in [1.807, 2.05) is 89.4 Å². The molecule has 3 aromatic carbocycles. The summed E-state index contributed by atoms with van der Waals surface area (Å²) >= 11 is 19.8. The molecule has 6 heterocycles. The molecule has 8 fully saturated rings. The summed E-state index contributed by atoms with van der Waals surface area (Å²) in [6.07, 6.45) is 5.65. The van der Waals surface area contributed by atoms with E-state index in [4.69, 9.17) is 70.5 Å². The maximum Gasteiger partial charge on any atom is 0.408 e. The number of H-pyrrole nitrogens is 1. The topological polar surface area (TPSA) is 401 Å². The summed E-state index contributed by atoms with van der Waals surface area (Å²) in [5.74, 6) is -0.444. The minimum atomic E-state index is -4.26. The fourth-order valence-electron chi connectivity index (χ4n) is 17.6. The maximum absolute atomic E-state index is 14.8. The zero-order valence-corrected chi connectivity index (χ0v) is 83.3. The van der Waals surface area contributed by atoms with E-state index < -0.39 is 116 Å². The van der Waals surface area contributed by atoms with Gasteiger partial charge in [-0.25, -0.2) is 34.1 Å². The van der Waals surface area contributed by atoms with Gasteiger partial charge in [-0.1, -0.05) is 92.8 Å². The number of amides is 6. The molecule has 6 aliphatic carbocycles. The first-order chi connectivity index (χ1) is 62.8. The zero-order chi connectivity index (χ0) is 96.4. The molecule has 15 rings (SSSR count). The van der Waals surface area contributed by atoms with Crippen molar-refractivity contribution in [2.45, 2.75) is 210 Å². The van der Waals surface area contributed by atoms with Gasteiger partial charge in [-0.2, -0.15) is 8.42 Å². The Bertz CT molecular complexity index is 5690. The Balaban J connectivity index is 0.000000182. The molecule has 133 heavy (non-hydrogen) atoms. The van der Waals surface area contributed by atoms with E-state index in [-0.39, 0.29) is 78.8 Å². The van der Waals surface area contributed by atoms with Gasteiger partial charge >= 0.3 is 24.1 Å². The highest BCUT2D eigenvalue weighted by molar-refractivity contribution is 9.10. The van der Waals surface area contributed by atoms with Gasteiger partial charge in [0.25, 0.3) is 10.1 Å². The summed E-state index contributed by atoms with van der Waals surface area (Å²) in [6, 6.07) is 12.3. The molecule has 8 aliphatic rings. The fraction of sp³-hybridized carbons (Fsp3) is 0.553. The number of fused-ring (bicyclic) bond motifs is 4. The number of benzene rings is 3. The van der Waals surface area contributed by atoms with Crippen LogP contribution in [0.5, 0.6) is 17.2 Å². The third kappa shape index (κ3) is 24.0. The second-order valence-electron chi connectivity index (χ2n) is 38.8. The molecule has 2 aliphatic heterocycles. The summed E-state index contributed by atoms with van der Waals surface area (Å²) in [4.78, 5) is 146. The van der Waals surface area contributed by atoms with Crippen LogP contribution >= 0.6 is 61.8 Å². The van der Waals surface area contributed by atoms with Crippen molar-refractivity contribution in [2.24, 2.45) is 46.3 Å². The number of pyridine rings is 2. The first-order valence-corrected chi connectivity index (χ1v) is 49.5. The lowest BCUT2D eigenvalue weighted by molar-refractivity contribution is -0.149. The average Bonchev–Trinajstić information content (AvgIpc) is 1.58. The van der Waals surface area contributed by atoms with Crippen molar-refractivity contribution in [2.75, 3.05) is 92.4 Å². The molecule has 0 radical (unpaired) electrons. The van der Waals surface area contributed by atoms with Crippen molar-refractivity contribution in [1.82, 2.24) is 60.8 Å². The number of aromatic amines is 1. The quantitative estimate of drug-likeness (QED) is 0.00869. The SMILES string of the molecule is C=C[C@@H]1CC1(NC(=O)[C@@H]1C[C@@H](OS(=O)(=O)c2ccc(Br)cc2)CN1C(=O)[C@@H](NC(=O)OC1C[C@@H]2C[C@@H]2C1)C(C)(C)C)C(=O)OC.C=C[C@@H]1CC1(NC(=O)[C@@H]1C[C@@H](Oc2cc(-c3csc(NC(C)C)n3)nc3c(Cl)c(OCCN(C)C)ccc23)CN1C(=O)[C@@H](NC(=O)OC1C[C@@H]2C[C@@H]2C1)C(C)(C)C)C(=O)OC.CC(C)Nc1nc(-c2cc(=O)c3ccc(OCCN(C)C)c(Cl)c3[nH]2)cs1. The molecule has 4 unspecified atom stereocenters. The second kappa shape index (κ2) is 41.5. The number of anilines is 2. The summed E-state index contributed by atoms with van der Waals surface area (Å²) in [7, 11) is 6.09. The van der Waals surface area contributed by atoms with Crippen LogP contribution in [0.2, 0.25) is 10.0 Å². The lowest BCUT2D eigenvalue weighted by Crippen LogP contribution is -2.59. The van der Waals surface area contributed by atoms with Crippen LogP contribution in [-0.4, -0.2) is 249 Å². The number of carbonyl (C=O) groups excluding carboxylic acids is 8. The van der Waals surface area contributed by atoms with Gasteiger partial charge in [0, 0.05) is 94.5 Å². The van der Waals surface area contributed by atoms with E-state index in [0.717, 1.165) is 48.9 Å². The number of aromatic nitrogens is 4. The normalized spacial score (nSPS) is 24.6. The van der Waals surface area contributed by atoms with Gasteiger partial charge in [-0.15, -0.1) is 35.8 Å². The van der Waals surface area contributed by atoms with Crippen LogP contribution in [0.15, 0.2) is 111 Å². The molecule has 16 atom stereocenters. The van der Waals surface area contributed by atoms with Gasteiger partial charge < -0.3 is 89.6 Å². The molecular weight excluding hydrogens is 1880 g/mol. The van der Waals surface area contributed by atoms with Crippen LogP contribution in [0.4, 0.5) is 19.9 Å². The Morgan fingerprint density at radius 2 is 1.05 bits per heavy atom. The summed E-state index contributed by atoms with van der Waals surface area (Å²) in [5, 5.41) is 25.0. The molecule has 720 valence electrons. The number of thiazole rings is 2. The number of likely N-dealkylation sites (N-methyl/N-ethyl adjacent to an activating group) is 2. The molecule has 33 nitrogen and oxygen atoms in total. The predicted octanol–water partition coefficient (Wildman–Crippen LogP) is 13.7. The van der Waals surface area contributed by atoms with Crippen LogP contribution < -0.4 is 51.5 Å². The number of hydrogen-bond donors (Lipinski definition) is 7. The van der Waals surface area contributed by atoms with E-state index in [1.165, 1.54) is 65.2 Å². The highest BCUT2D eigenvalue weighted by Crippen LogP contribution is 2.54. The summed E-state index contributed by atoms with van der Waals surface area (Å²) < 4.78 is 72.6. The van der Waals surface area contributed by atoms with Crippen LogP contribution in [0, 0.1) is 46.3 Å². The number of ether oxygens (including phenoxy) is 7. The lowest BCUT2D eigenvalue weighted by Gasteiger charge is -2.35. The number of methoxy groups -OCH3 is 2. The molecule has 6 saturated carbocycles. The highest BCUT2D eigenvalue weighted by Gasteiger charge is 2.64. The Kier molecular flexibility index (Phi) is 31.4. The lowest BCUT2D eigenvalue weighted by atomic mass is 9.85.